The second-order valence-corrected chi connectivity index (χ2v) is 4.91. The van der Waals surface area contributed by atoms with Crippen molar-refractivity contribution < 1.29 is 9.53 Å². The second kappa shape index (κ2) is 5.08. The molecule has 1 aliphatic heterocycles. The van der Waals surface area contributed by atoms with Crippen LogP contribution in [0.2, 0.25) is 0 Å². The van der Waals surface area contributed by atoms with Crippen LogP contribution in [0.1, 0.15) is 17.0 Å². The van der Waals surface area contributed by atoms with Crippen molar-refractivity contribution in [2.75, 3.05) is 26.2 Å². The molecule has 1 aromatic rings. The standard InChI is InChI=1S/C14H18N2O2/c17-14(13-9-15-5-6-18-13)16-8-11-7-10-3-1-2-4-12(10)11/h1-4,11,13,15H,5-9H2,(H,16,17). The highest BCUT2D eigenvalue weighted by molar-refractivity contribution is 5.81. The molecule has 4 heteroatoms. The van der Waals surface area contributed by atoms with Gasteiger partial charge in [0, 0.05) is 25.6 Å². The summed E-state index contributed by atoms with van der Waals surface area (Å²) in [7, 11) is 0. The molecule has 18 heavy (non-hydrogen) atoms. The third-order valence-electron chi connectivity index (χ3n) is 3.70. The average Bonchev–Trinajstić information content (AvgIpc) is 2.40. The van der Waals surface area contributed by atoms with Crippen LogP contribution in [0.3, 0.4) is 0 Å². The first-order valence-corrected chi connectivity index (χ1v) is 6.52. The molecule has 2 aliphatic rings. The summed E-state index contributed by atoms with van der Waals surface area (Å²) in [4.78, 5) is 11.9. The van der Waals surface area contributed by atoms with Crippen LogP contribution in [0.5, 0.6) is 0 Å². The maximum atomic E-state index is 11.9. The highest BCUT2D eigenvalue weighted by atomic mass is 16.5. The molecule has 0 saturated carbocycles. The fourth-order valence-electron chi connectivity index (χ4n) is 2.62. The number of nitrogens with one attached hydrogen (secondary N) is 2. The van der Waals surface area contributed by atoms with Crippen molar-refractivity contribution in [1.29, 1.82) is 0 Å². The summed E-state index contributed by atoms with van der Waals surface area (Å²) >= 11 is 0. The lowest BCUT2D eigenvalue weighted by Gasteiger charge is -2.31. The lowest BCUT2D eigenvalue weighted by molar-refractivity contribution is -0.134. The van der Waals surface area contributed by atoms with Crippen molar-refractivity contribution in [3.8, 4) is 0 Å². The molecule has 1 aromatic carbocycles. The van der Waals surface area contributed by atoms with Crippen LogP contribution in [0.4, 0.5) is 0 Å². The second-order valence-electron chi connectivity index (χ2n) is 4.91. The zero-order valence-electron chi connectivity index (χ0n) is 10.3. The van der Waals surface area contributed by atoms with Crippen LogP contribution in [-0.2, 0) is 16.0 Å². The van der Waals surface area contributed by atoms with Gasteiger partial charge in [-0.1, -0.05) is 24.3 Å². The smallest absolute Gasteiger partial charge is 0.250 e. The van der Waals surface area contributed by atoms with Gasteiger partial charge in [-0.25, -0.2) is 0 Å². The minimum atomic E-state index is -0.325. The molecule has 1 heterocycles. The van der Waals surface area contributed by atoms with Gasteiger partial charge in [0.1, 0.15) is 6.10 Å². The van der Waals surface area contributed by atoms with Crippen LogP contribution >= 0.6 is 0 Å². The van der Waals surface area contributed by atoms with E-state index in [1.54, 1.807) is 0 Å². The van der Waals surface area contributed by atoms with Crippen molar-refractivity contribution in [3.63, 3.8) is 0 Å². The van der Waals surface area contributed by atoms with E-state index in [0.717, 1.165) is 19.5 Å². The Morgan fingerprint density at radius 3 is 3.11 bits per heavy atom. The van der Waals surface area contributed by atoms with Crippen LogP contribution < -0.4 is 10.6 Å². The van der Waals surface area contributed by atoms with Gasteiger partial charge in [0.15, 0.2) is 0 Å². The highest BCUT2D eigenvalue weighted by Crippen LogP contribution is 2.33. The Balaban J connectivity index is 1.49. The highest BCUT2D eigenvalue weighted by Gasteiger charge is 2.27. The Labute approximate surface area is 107 Å². The van der Waals surface area contributed by atoms with E-state index in [0.29, 0.717) is 19.1 Å². The number of rotatable bonds is 3. The van der Waals surface area contributed by atoms with Gasteiger partial charge in [0.05, 0.1) is 6.61 Å². The van der Waals surface area contributed by atoms with E-state index in [1.165, 1.54) is 11.1 Å². The summed E-state index contributed by atoms with van der Waals surface area (Å²) in [5.74, 6) is 0.480. The van der Waals surface area contributed by atoms with Gasteiger partial charge >= 0.3 is 0 Å². The van der Waals surface area contributed by atoms with Crippen molar-refractivity contribution >= 4 is 5.91 Å². The van der Waals surface area contributed by atoms with Crippen molar-refractivity contribution in [2.24, 2.45) is 0 Å². The summed E-state index contributed by atoms with van der Waals surface area (Å²) in [6.45, 7) is 2.78. The molecule has 1 fully saturated rings. The lowest BCUT2D eigenvalue weighted by atomic mass is 9.77. The summed E-state index contributed by atoms with van der Waals surface area (Å²) in [5.41, 5.74) is 2.79. The summed E-state index contributed by atoms with van der Waals surface area (Å²) in [6, 6.07) is 8.42. The Kier molecular flexibility index (Phi) is 3.30. The van der Waals surface area contributed by atoms with Crippen LogP contribution in [0.25, 0.3) is 0 Å². The van der Waals surface area contributed by atoms with E-state index in [9.17, 15) is 4.79 Å². The van der Waals surface area contributed by atoms with Crippen molar-refractivity contribution in [1.82, 2.24) is 10.6 Å². The van der Waals surface area contributed by atoms with E-state index in [1.807, 2.05) is 0 Å². The molecule has 0 bridgehead atoms. The number of amides is 1. The Morgan fingerprint density at radius 2 is 2.33 bits per heavy atom. The van der Waals surface area contributed by atoms with Crippen LogP contribution in [-0.4, -0.2) is 38.3 Å². The van der Waals surface area contributed by atoms with Crippen LogP contribution in [0, 0.1) is 0 Å². The van der Waals surface area contributed by atoms with Crippen molar-refractivity contribution in [2.45, 2.75) is 18.4 Å². The predicted molar refractivity (Wildman–Crippen MR) is 68.5 cm³/mol. The quantitative estimate of drug-likeness (QED) is 0.813. The van der Waals surface area contributed by atoms with E-state index in [-0.39, 0.29) is 12.0 Å². The molecule has 0 radical (unpaired) electrons. The van der Waals surface area contributed by atoms with Gasteiger partial charge in [-0.05, 0) is 17.5 Å². The number of hydrogen-bond donors (Lipinski definition) is 2. The zero-order chi connectivity index (χ0) is 12.4. The monoisotopic (exact) mass is 246 g/mol. The normalized spacial score (nSPS) is 26.0. The largest absolute Gasteiger partial charge is 0.366 e. The SMILES string of the molecule is O=C(NCC1Cc2ccccc21)C1CNCCO1. The topological polar surface area (TPSA) is 50.4 Å². The number of ether oxygens (including phenoxy) is 1. The van der Waals surface area contributed by atoms with Gasteiger partial charge in [-0.15, -0.1) is 0 Å². The molecule has 96 valence electrons. The number of carbonyl (C=O) groups excluding carboxylic acids is 1. The number of fused-ring (bicyclic) bond motifs is 1. The van der Waals surface area contributed by atoms with E-state index in [4.69, 9.17) is 4.74 Å². The Bertz CT molecular complexity index is 441. The Hall–Kier alpha value is -1.39. The number of carbonyl (C=O) groups is 1. The molecule has 1 saturated heterocycles. The molecule has 1 aliphatic carbocycles. The average molecular weight is 246 g/mol. The minimum absolute atomic E-state index is 0.00609. The van der Waals surface area contributed by atoms with Gasteiger partial charge in [-0.2, -0.15) is 0 Å². The third-order valence-corrected chi connectivity index (χ3v) is 3.70. The van der Waals surface area contributed by atoms with E-state index < -0.39 is 0 Å². The van der Waals surface area contributed by atoms with E-state index >= 15 is 0 Å². The number of hydrogen-bond acceptors (Lipinski definition) is 3. The maximum Gasteiger partial charge on any atom is 0.250 e. The number of morpholine rings is 1. The molecule has 3 rings (SSSR count). The zero-order valence-corrected chi connectivity index (χ0v) is 10.3. The first kappa shape index (κ1) is 11.7. The first-order chi connectivity index (χ1) is 8.84. The minimum Gasteiger partial charge on any atom is -0.366 e. The molecule has 1 amide bonds. The molecule has 2 N–H and O–H groups in total. The molecular weight excluding hydrogens is 228 g/mol. The summed E-state index contributed by atoms with van der Waals surface area (Å²) in [6.07, 6.45) is 0.745. The molecule has 4 nitrogen and oxygen atoms in total. The molecule has 2 atom stereocenters. The van der Waals surface area contributed by atoms with Crippen LogP contribution in [0.15, 0.2) is 24.3 Å². The lowest BCUT2D eigenvalue weighted by Crippen LogP contribution is -2.49. The first-order valence-electron chi connectivity index (χ1n) is 6.52. The molecule has 0 aromatic heterocycles. The third kappa shape index (κ3) is 2.26. The van der Waals surface area contributed by atoms with Crippen molar-refractivity contribution in [3.05, 3.63) is 35.4 Å². The number of benzene rings is 1. The van der Waals surface area contributed by atoms with Gasteiger partial charge in [-0.3, -0.25) is 4.79 Å². The van der Waals surface area contributed by atoms with Gasteiger partial charge in [0.25, 0.3) is 0 Å². The molecule has 0 spiro atoms. The molecular formula is C14H18N2O2. The Morgan fingerprint density at radius 1 is 1.44 bits per heavy atom. The maximum absolute atomic E-state index is 11.9. The molecule has 2 unspecified atom stereocenters. The van der Waals surface area contributed by atoms with Gasteiger partial charge in [0.2, 0.25) is 5.91 Å². The summed E-state index contributed by atoms with van der Waals surface area (Å²) in [5, 5.41) is 6.15. The predicted octanol–water partition coefficient (Wildman–Crippen LogP) is 0.431. The fourth-order valence-corrected chi connectivity index (χ4v) is 2.62. The van der Waals surface area contributed by atoms with E-state index in [2.05, 4.69) is 34.9 Å². The fraction of sp³-hybridized carbons (Fsp3) is 0.500. The summed E-state index contributed by atoms with van der Waals surface area (Å²) < 4.78 is 5.42. The van der Waals surface area contributed by atoms with Gasteiger partial charge < -0.3 is 15.4 Å².